The van der Waals surface area contributed by atoms with Crippen LogP contribution in [0.25, 0.3) is 6.08 Å². The lowest BCUT2D eigenvalue weighted by Gasteiger charge is -2.12. The van der Waals surface area contributed by atoms with Gasteiger partial charge in [-0.2, -0.15) is 5.26 Å². The molecule has 27 heavy (non-hydrogen) atoms. The highest BCUT2D eigenvalue weighted by Crippen LogP contribution is 2.34. The van der Waals surface area contributed by atoms with Crippen LogP contribution in [-0.4, -0.2) is 19.6 Å². The van der Waals surface area contributed by atoms with Crippen molar-refractivity contribution in [3.8, 4) is 29.9 Å². The average Bonchev–Trinajstić information content (AvgIpc) is 2.64. The van der Waals surface area contributed by atoms with Crippen LogP contribution in [0.5, 0.6) is 11.5 Å². The third-order valence-corrected chi connectivity index (χ3v) is 4.30. The number of aryl methyl sites for hydroxylation is 1. The quantitative estimate of drug-likeness (QED) is 0.297. The molecule has 2 rings (SSSR count). The first-order valence-electron chi connectivity index (χ1n) is 7.92. The Morgan fingerprint density at radius 1 is 1.37 bits per heavy atom. The number of benzene rings is 2. The lowest BCUT2D eigenvalue weighted by atomic mass is 10.1. The van der Waals surface area contributed by atoms with Crippen LogP contribution >= 0.6 is 22.6 Å². The second kappa shape index (κ2) is 9.65. The molecule has 0 aliphatic carbocycles. The predicted octanol–water partition coefficient (Wildman–Crippen LogP) is 4.17. The Morgan fingerprint density at radius 2 is 2.15 bits per heavy atom. The van der Waals surface area contributed by atoms with Crippen LogP contribution in [0, 0.1) is 34.2 Å². The van der Waals surface area contributed by atoms with Crippen molar-refractivity contribution < 1.29 is 14.3 Å². The van der Waals surface area contributed by atoms with E-state index in [0.29, 0.717) is 22.7 Å². The molecule has 0 aromatic heterocycles. The summed E-state index contributed by atoms with van der Waals surface area (Å²) in [4.78, 5) is 12.4. The lowest BCUT2D eigenvalue weighted by Crippen LogP contribution is -2.13. The predicted molar refractivity (Wildman–Crippen MR) is 113 cm³/mol. The molecule has 0 atom stereocenters. The normalized spacial score (nSPS) is 10.5. The molecule has 0 bridgehead atoms. The lowest BCUT2D eigenvalue weighted by molar-refractivity contribution is -0.112. The maximum Gasteiger partial charge on any atom is 0.266 e. The van der Waals surface area contributed by atoms with Gasteiger partial charge < -0.3 is 14.8 Å². The molecule has 0 heterocycles. The maximum absolute atomic E-state index is 12.4. The summed E-state index contributed by atoms with van der Waals surface area (Å²) in [7, 11) is 1.51. The Labute approximate surface area is 172 Å². The molecule has 0 saturated heterocycles. The van der Waals surface area contributed by atoms with Gasteiger partial charge in [-0.1, -0.05) is 18.1 Å². The fourth-order valence-electron chi connectivity index (χ4n) is 2.31. The number of methoxy groups -OCH3 is 1. The summed E-state index contributed by atoms with van der Waals surface area (Å²) in [5.74, 6) is 2.92. The highest BCUT2D eigenvalue weighted by molar-refractivity contribution is 14.1. The van der Waals surface area contributed by atoms with Crippen LogP contribution in [0.3, 0.4) is 0 Å². The molecule has 0 aliphatic heterocycles. The topological polar surface area (TPSA) is 71.3 Å². The number of terminal acetylenes is 1. The minimum absolute atomic E-state index is 0.0216. The molecule has 2 aromatic carbocycles. The Hall–Kier alpha value is -2.97. The van der Waals surface area contributed by atoms with E-state index >= 15 is 0 Å². The molecule has 0 saturated carbocycles. The van der Waals surface area contributed by atoms with Gasteiger partial charge in [0.2, 0.25) is 0 Å². The number of nitriles is 1. The highest BCUT2D eigenvalue weighted by atomic mass is 127. The van der Waals surface area contributed by atoms with E-state index in [1.807, 2.05) is 31.2 Å². The van der Waals surface area contributed by atoms with Gasteiger partial charge in [0.05, 0.1) is 10.7 Å². The minimum atomic E-state index is -0.482. The molecule has 0 spiro atoms. The van der Waals surface area contributed by atoms with Gasteiger partial charge in [-0.15, -0.1) is 6.42 Å². The van der Waals surface area contributed by atoms with Crippen molar-refractivity contribution in [3.63, 3.8) is 0 Å². The van der Waals surface area contributed by atoms with E-state index in [1.165, 1.54) is 13.2 Å². The molecular weight excluding hydrogens is 455 g/mol. The number of nitrogens with one attached hydrogen (secondary N) is 1. The fourth-order valence-corrected chi connectivity index (χ4v) is 3.09. The van der Waals surface area contributed by atoms with Gasteiger partial charge in [-0.3, -0.25) is 4.79 Å². The number of carbonyl (C=O) groups excluding carboxylic acids is 1. The molecule has 0 aliphatic rings. The Kier molecular flexibility index (Phi) is 7.27. The van der Waals surface area contributed by atoms with E-state index in [2.05, 4.69) is 33.8 Å². The second-order valence-corrected chi connectivity index (χ2v) is 6.68. The SMILES string of the molecule is C#CCOc1c(I)cc(/C=C(/C#N)C(=O)Nc2cccc(C)c2)cc1OC. The number of anilines is 1. The summed E-state index contributed by atoms with van der Waals surface area (Å²) in [6.45, 7) is 2.04. The van der Waals surface area contributed by atoms with Crippen molar-refractivity contribution in [2.24, 2.45) is 0 Å². The number of ether oxygens (including phenoxy) is 2. The first-order valence-corrected chi connectivity index (χ1v) is 9.00. The summed E-state index contributed by atoms with van der Waals surface area (Å²) in [6.07, 6.45) is 6.73. The van der Waals surface area contributed by atoms with E-state index in [1.54, 1.807) is 18.2 Å². The summed E-state index contributed by atoms with van der Waals surface area (Å²) >= 11 is 2.09. The Morgan fingerprint density at radius 3 is 2.78 bits per heavy atom. The van der Waals surface area contributed by atoms with Crippen LogP contribution in [0.2, 0.25) is 0 Å². The second-order valence-electron chi connectivity index (χ2n) is 5.52. The number of carbonyl (C=O) groups is 1. The van der Waals surface area contributed by atoms with Gasteiger partial charge in [0.25, 0.3) is 5.91 Å². The Balaban J connectivity index is 2.31. The molecular formula is C21H17IN2O3. The number of amides is 1. The van der Waals surface area contributed by atoms with Gasteiger partial charge >= 0.3 is 0 Å². The highest BCUT2D eigenvalue weighted by Gasteiger charge is 2.14. The third-order valence-electron chi connectivity index (χ3n) is 3.50. The van der Waals surface area contributed by atoms with E-state index in [-0.39, 0.29) is 12.2 Å². The average molecular weight is 472 g/mol. The van der Waals surface area contributed by atoms with Gasteiger partial charge in [-0.05, 0) is 71.0 Å². The molecule has 1 amide bonds. The van der Waals surface area contributed by atoms with Gasteiger partial charge in [0, 0.05) is 5.69 Å². The first-order chi connectivity index (χ1) is 13.0. The summed E-state index contributed by atoms with van der Waals surface area (Å²) in [5.41, 5.74) is 2.26. The van der Waals surface area contributed by atoms with Crippen LogP contribution < -0.4 is 14.8 Å². The van der Waals surface area contributed by atoms with Gasteiger partial charge in [0.1, 0.15) is 18.2 Å². The largest absolute Gasteiger partial charge is 0.493 e. The molecule has 2 aromatic rings. The number of halogens is 1. The number of rotatable bonds is 6. The minimum Gasteiger partial charge on any atom is -0.493 e. The van der Waals surface area contributed by atoms with Crippen LogP contribution in [-0.2, 0) is 4.79 Å². The van der Waals surface area contributed by atoms with Gasteiger partial charge in [-0.25, -0.2) is 0 Å². The zero-order chi connectivity index (χ0) is 19.8. The van der Waals surface area contributed by atoms with Crippen molar-refractivity contribution >= 4 is 40.3 Å². The van der Waals surface area contributed by atoms with E-state index < -0.39 is 5.91 Å². The summed E-state index contributed by atoms with van der Waals surface area (Å²) < 4.78 is 11.6. The summed E-state index contributed by atoms with van der Waals surface area (Å²) in [6, 6.07) is 12.8. The zero-order valence-electron chi connectivity index (χ0n) is 14.9. The van der Waals surface area contributed by atoms with Crippen molar-refractivity contribution in [3.05, 3.63) is 56.7 Å². The molecule has 0 unspecified atom stereocenters. The summed E-state index contributed by atoms with van der Waals surface area (Å²) in [5, 5.41) is 12.1. The third kappa shape index (κ3) is 5.50. The maximum atomic E-state index is 12.4. The molecule has 5 nitrogen and oxygen atoms in total. The number of nitrogens with zero attached hydrogens (tertiary/aromatic N) is 1. The van der Waals surface area contributed by atoms with Crippen molar-refractivity contribution in [2.45, 2.75) is 6.92 Å². The van der Waals surface area contributed by atoms with Crippen LogP contribution in [0.1, 0.15) is 11.1 Å². The van der Waals surface area contributed by atoms with E-state index in [4.69, 9.17) is 15.9 Å². The first kappa shape index (κ1) is 20.3. The zero-order valence-corrected chi connectivity index (χ0v) is 17.0. The van der Waals surface area contributed by atoms with Crippen molar-refractivity contribution in [1.29, 1.82) is 5.26 Å². The van der Waals surface area contributed by atoms with Gasteiger partial charge in [0.15, 0.2) is 11.5 Å². The van der Waals surface area contributed by atoms with Crippen molar-refractivity contribution in [1.82, 2.24) is 0 Å². The number of hydrogen-bond donors (Lipinski definition) is 1. The van der Waals surface area contributed by atoms with Crippen molar-refractivity contribution in [2.75, 3.05) is 19.0 Å². The monoisotopic (exact) mass is 472 g/mol. The Bertz CT molecular complexity index is 968. The van der Waals surface area contributed by atoms with Crippen LogP contribution in [0.15, 0.2) is 42.0 Å². The van der Waals surface area contributed by atoms with E-state index in [9.17, 15) is 10.1 Å². The molecule has 6 heteroatoms. The molecule has 0 radical (unpaired) electrons. The van der Waals surface area contributed by atoms with E-state index in [0.717, 1.165) is 9.13 Å². The number of hydrogen-bond acceptors (Lipinski definition) is 4. The smallest absolute Gasteiger partial charge is 0.266 e. The standard InChI is InChI=1S/C21H17IN2O3/c1-4-8-27-20-18(22)11-15(12-19(20)26-3)10-16(13-23)21(25)24-17-7-5-6-14(2)9-17/h1,5-7,9-12H,8H2,2-3H3,(H,24,25)/b16-10-. The van der Waals surface area contributed by atoms with Crippen LogP contribution in [0.4, 0.5) is 5.69 Å². The molecule has 136 valence electrons. The fraction of sp³-hybridized carbons (Fsp3) is 0.143. The molecule has 1 N–H and O–H groups in total. The molecule has 0 fully saturated rings.